The van der Waals surface area contributed by atoms with E-state index in [0.29, 0.717) is 13.1 Å². The van der Waals surface area contributed by atoms with Gasteiger partial charge < -0.3 is 15.3 Å². The van der Waals surface area contributed by atoms with Gasteiger partial charge in [0.05, 0.1) is 5.60 Å². The average Bonchev–Trinajstić information content (AvgIpc) is 2.33. The molecule has 0 aliphatic heterocycles. The van der Waals surface area contributed by atoms with Crippen LogP contribution < -0.4 is 5.32 Å². The van der Waals surface area contributed by atoms with Crippen molar-refractivity contribution < 1.29 is 5.11 Å². The highest BCUT2D eigenvalue weighted by atomic mass is 16.3. The number of nitrogens with one attached hydrogen (secondary N) is 1. The summed E-state index contributed by atoms with van der Waals surface area (Å²) in [5.74, 6) is 0. The van der Waals surface area contributed by atoms with Crippen LogP contribution in [0.3, 0.4) is 0 Å². The van der Waals surface area contributed by atoms with Gasteiger partial charge in [0.25, 0.3) is 0 Å². The van der Waals surface area contributed by atoms with Crippen molar-refractivity contribution in [3.8, 4) is 0 Å². The van der Waals surface area contributed by atoms with E-state index < -0.39 is 5.60 Å². The molecule has 3 nitrogen and oxygen atoms in total. The third-order valence-electron chi connectivity index (χ3n) is 3.40. The molecular weight excluding hydrogens is 260 g/mol. The zero-order chi connectivity index (χ0) is 16.1. The molecule has 1 aromatic carbocycles. The highest BCUT2D eigenvalue weighted by Gasteiger charge is 2.25. The number of hydrogen-bond donors (Lipinski definition) is 2. The van der Waals surface area contributed by atoms with Crippen LogP contribution in [0.1, 0.15) is 45.7 Å². The Bertz CT molecular complexity index is 407. The number of rotatable bonds is 7. The van der Waals surface area contributed by atoms with Crippen LogP contribution in [0.5, 0.6) is 0 Å². The number of hydrogen-bond acceptors (Lipinski definition) is 3. The molecule has 0 saturated heterocycles. The van der Waals surface area contributed by atoms with Crippen molar-refractivity contribution in [3.63, 3.8) is 0 Å². The minimum absolute atomic E-state index is 0.237. The first kappa shape index (κ1) is 18.1. The molecule has 1 aromatic rings. The van der Waals surface area contributed by atoms with Crippen molar-refractivity contribution in [2.45, 2.75) is 45.8 Å². The van der Waals surface area contributed by atoms with Gasteiger partial charge in [0.1, 0.15) is 0 Å². The maximum atomic E-state index is 10.5. The van der Waals surface area contributed by atoms with Crippen molar-refractivity contribution in [2.75, 3.05) is 27.2 Å². The third kappa shape index (κ3) is 7.60. The second kappa shape index (κ2) is 7.39. The van der Waals surface area contributed by atoms with Crippen LogP contribution in [-0.2, 0) is 0 Å². The largest absolute Gasteiger partial charge is 0.388 e. The summed E-state index contributed by atoms with van der Waals surface area (Å²) in [7, 11) is 3.97. The number of benzene rings is 1. The van der Waals surface area contributed by atoms with E-state index in [-0.39, 0.29) is 11.5 Å². The second-order valence-electron chi connectivity index (χ2n) is 7.84. The van der Waals surface area contributed by atoms with E-state index in [1.165, 1.54) is 5.56 Å². The summed E-state index contributed by atoms with van der Waals surface area (Å²) in [6.07, 6.45) is 1.04. The van der Waals surface area contributed by atoms with Gasteiger partial charge >= 0.3 is 0 Å². The summed E-state index contributed by atoms with van der Waals surface area (Å²) in [4.78, 5) is 2.02. The van der Waals surface area contributed by atoms with Gasteiger partial charge in [0.2, 0.25) is 0 Å². The fourth-order valence-corrected chi connectivity index (χ4v) is 2.69. The highest BCUT2D eigenvalue weighted by Crippen LogP contribution is 2.29. The van der Waals surface area contributed by atoms with Gasteiger partial charge in [-0.1, -0.05) is 51.1 Å². The van der Waals surface area contributed by atoms with Crippen LogP contribution in [0.25, 0.3) is 0 Å². The Morgan fingerprint density at radius 2 is 1.67 bits per heavy atom. The van der Waals surface area contributed by atoms with E-state index in [0.717, 1.165) is 6.42 Å². The number of aliphatic hydroxyl groups is 1. The van der Waals surface area contributed by atoms with Gasteiger partial charge in [0.15, 0.2) is 0 Å². The lowest BCUT2D eigenvalue weighted by Gasteiger charge is -2.32. The molecule has 21 heavy (non-hydrogen) atoms. The Balaban J connectivity index is 2.75. The monoisotopic (exact) mass is 292 g/mol. The minimum atomic E-state index is -0.728. The normalized spacial score (nSPS) is 16.8. The van der Waals surface area contributed by atoms with Crippen molar-refractivity contribution >= 4 is 0 Å². The highest BCUT2D eigenvalue weighted by molar-refractivity contribution is 5.19. The third-order valence-corrected chi connectivity index (χ3v) is 3.40. The maximum absolute atomic E-state index is 10.5. The van der Waals surface area contributed by atoms with Crippen LogP contribution in [0.2, 0.25) is 0 Å². The summed E-state index contributed by atoms with van der Waals surface area (Å²) in [5.41, 5.74) is 0.795. The number of likely N-dealkylation sites (N-methyl/N-ethyl adjacent to an activating group) is 1. The molecule has 0 amide bonds. The first-order valence-corrected chi connectivity index (χ1v) is 7.74. The number of nitrogens with zero attached hydrogens (tertiary/aromatic N) is 1. The molecule has 0 heterocycles. The molecule has 2 unspecified atom stereocenters. The minimum Gasteiger partial charge on any atom is -0.388 e. The summed E-state index contributed by atoms with van der Waals surface area (Å²) < 4.78 is 0. The van der Waals surface area contributed by atoms with E-state index in [2.05, 4.69) is 50.4 Å². The molecule has 1 rings (SSSR count). The SMILES string of the molecule is CN(C)CC(C)(O)CNC(CC(C)(C)C)c1ccccc1. The second-order valence-corrected chi connectivity index (χ2v) is 7.84. The lowest BCUT2D eigenvalue weighted by molar-refractivity contribution is 0.0299. The Hall–Kier alpha value is -0.900. The van der Waals surface area contributed by atoms with Crippen molar-refractivity contribution in [1.82, 2.24) is 10.2 Å². The predicted molar refractivity (Wildman–Crippen MR) is 90.4 cm³/mol. The molecular formula is C18H32N2O. The lowest BCUT2D eigenvalue weighted by atomic mass is 9.85. The summed E-state index contributed by atoms with van der Waals surface area (Å²) in [6, 6.07) is 10.8. The van der Waals surface area contributed by atoms with E-state index in [1.807, 2.05) is 32.0 Å². The van der Waals surface area contributed by atoms with Crippen LogP contribution in [0, 0.1) is 5.41 Å². The van der Waals surface area contributed by atoms with Crippen molar-refractivity contribution in [3.05, 3.63) is 35.9 Å². The molecule has 120 valence electrons. The molecule has 0 aliphatic rings. The smallest absolute Gasteiger partial charge is 0.0869 e. The topological polar surface area (TPSA) is 35.5 Å². The Morgan fingerprint density at radius 3 is 2.14 bits per heavy atom. The van der Waals surface area contributed by atoms with Crippen molar-refractivity contribution in [1.29, 1.82) is 0 Å². The fraction of sp³-hybridized carbons (Fsp3) is 0.667. The quantitative estimate of drug-likeness (QED) is 0.811. The Kier molecular flexibility index (Phi) is 6.39. The van der Waals surface area contributed by atoms with Crippen LogP contribution in [0.4, 0.5) is 0 Å². The first-order valence-electron chi connectivity index (χ1n) is 7.74. The van der Waals surface area contributed by atoms with Crippen LogP contribution in [0.15, 0.2) is 30.3 Å². The van der Waals surface area contributed by atoms with Gasteiger partial charge in [-0.15, -0.1) is 0 Å². The molecule has 0 saturated carbocycles. The molecule has 0 spiro atoms. The maximum Gasteiger partial charge on any atom is 0.0869 e. The lowest BCUT2D eigenvalue weighted by Crippen LogP contribution is -2.46. The van der Waals surface area contributed by atoms with E-state index in [1.54, 1.807) is 0 Å². The van der Waals surface area contributed by atoms with Gasteiger partial charge in [-0.25, -0.2) is 0 Å². The fourth-order valence-electron chi connectivity index (χ4n) is 2.69. The standard InChI is InChI=1S/C18H32N2O/c1-17(2,3)12-16(15-10-8-7-9-11-15)19-13-18(4,21)14-20(5)6/h7-11,16,19,21H,12-14H2,1-6H3. The Morgan fingerprint density at radius 1 is 1.10 bits per heavy atom. The zero-order valence-electron chi connectivity index (χ0n) is 14.5. The molecule has 0 radical (unpaired) electrons. The molecule has 0 aliphatic carbocycles. The molecule has 2 N–H and O–H groups in total. The van der Waals surface area contributed by atoms with Gasteiger partial charge in [-0.2, -0.15) is 0 Å². The summed E-state index contributed by atoms with van der Waals surface area (Å²) >= 11 is 0. The molecule has 2 atom stereocenters. The van der Waals surface area contributed by atoms with Gasteiger partial charge in [-0.05, 0) is 38.4 Å². The van der Waals surface area contributed by atoms with Crippen molar-refractivity contribution in [2.24, 2.45) is 5.41 Å². The molecule has 3 heteroatoms. The van der Waals surface area contributed by atoms with Gasteiger partial charge in [-0.3, -0.25) is 0 Å². The first-order chi connectivity index (χ1) is 9.59. The summed E-state index contributed by atoms with van der Waals surface area (Å²) in [6.45, 7) is 9.88. The Labute approximate surface area is 130 Å². The molecule has 0 aromatic heterocycles. The van der Waals surface area contributed by atoms with Crippen LogP contribution in [-0.4, -0.2) is 42.8 Å². The molecule has 0 fully saturated rings. The van der Waals surface area contributed by atoms with E-state index in [4.69, 9.17) is 0 Å². The van der Waals surface area contributed by atoms with E-state index in [9.17, 15) is 5.11 Å². The zero-order valence-corrected chi connectivity index (χ0v) is 14.5. The predicted octanol–water partition coefficient (Wildman–Crippen LogP) is 3.07. The van der Waals surface area contributed by atoms with Gasteiger partial charge in [0, 0.05) is 19.1 Å². The summed E-state index contributed by atoms with van der Waals surface area (Å²) in [5, 5.41) is 14.0. The average molecular weight is 292 g/mol. The van der Waals surface area contributed by atoms with E-state index >= 15 is 0 Å². The molecule has 0 bridgehead atoms. The van der Waals surface area contributed by atoms with Crippen LogP contribution >= 0.6 is 0 Å².